The highest BCUT2D eigenvalue weighted by Gasteiger charge is 2.29. The summed E-state index contributed by atoms with van der Waals surface area (Å²) in [5.41, 5.74) is 7.01. The van der Waals surface area contributed by atoms with Gasteiger partial charge in [0.2, 0.25) is 0 Å². The molecule has 0 amide bonds. The minimum atomic E-state index is 0.540. The lowest BCUT2D eigenvalue weighted by Gasteiger charge is -2.15. The average Bonchev–Trinajstić information content (AvgIpc) is 2.76. The molecule has 1 aliphatic carbocycles. The van der Waals surface area contributed by atoms with E-state index >= 15 is 0 Å². The highest BCUT2D eigenvalue weighted by molar-refractivity contribution is 5.81. The lowest BCUT2D eigenvalue weighted by molar-refractivity contribution is 0.339. The highest BCUT2D eigenvalue weighted by atomic mass is 16.5. The quantitative estimate of drug-likeness (QED) is 0.472. The molecule has 2 heteroatoms. The Kier molecular flexibility index (Phi) is 5.82. The minimum absolute atomic E-state index is 0.540. The molecule has 0 fully saturated rings. The van der Waals surface area contributed by atoms with E-state index in [4.69, 9.17) is 4.74 Å². The van der Waals surface area contributed by atoms with Gasteiger partial charge in [0.15, 0.2) is 0 Å². The first-order valence-corrected chi connectivity index (χ1v) is 8.53. The number of aliphatic imine (C=N–C) groups is 1. The topological polar surface area (TPSA) is 21.6 Å². The minimum Gasteiger partial charge on any atom is -0.493 e. The predicted molar refractivity (Wildman–Crippen MR) is 96.1 cm³/mol. The number of hydrogen-bond donors (Lipinski definition) is 0. The van der Waals surface area contributed by atoms with Crippen LogP contribution in [0, 0.1) is 0 Å². The van der Waals surface area contributed by atoms with Crippen LogP contribution in [0.15, 0.2) is 28.8 Å². The maximum Gasteiger partial charge on any atom is 0.127 e. The largest absolute Gasteiger partial charge is 0.493 e. The van der Waals surface area contributed by atoms with Crippen LogP contribution in [-0.2, 0) is 0 Å². The van der Waals surface area contributed by atoms with Crippen molar-refractivity contribution in [3.63, 3.8) is 0 Å². The van der Waals surface area contributed by atoms with Crippen LogP contribution in [0.4, 0.5) is 0 Å². The molecule has 0 N–H and O–H groups in total. The smallest absolute Gasteiger partial charge is 0.127 e. The number of ether oxygens (including phenoxy) is 1. The molecule has 0 spiro atoms. The molecule has 1 aromatic rings. The highest BCUT2D eigenvalue weighted by Crippen LogP contribution is 2.48. The lowest BCUT2D eigenvalue weighted by atomic mass is 9.92. The molecule has 0 saturated heterocycles. The zero-order chi connectivity index (χ0) is 16.1. The van der Waals surface area contributed by atoms with Crippen LogP contribution < -0.4 is 4.74 Å². The molecule has 0 saturated carbocycles. The molecular formula is C20H29NO. The molecule has 0 radical (unpaired) electrons. The van der Waals surface area contributed by atoms with E-state index in [1.165, 1.54) is 34.4 Å². The van der Waals surface area contributed by atoms with E-state index in [1.54, 1.807) is 0 Å². The summed E-state index contributed by atoms with van der Waals surface area (Å²) in [4.78, 5) is 4.53. The molecule has 0 aliphatic heterocycles. The van der Waals surface area contributed by atoms with Crippen molar-refractivity contribution in [3.05, 3.63) is 34.9 Å². The first-order chi connectivity index (χ1) is 10.6. The standard InChI is InChI=1S/C20H29NO/c1-6-16-15(5)17(11-9-13-21-14(3)4)18-10-8-12-19(20(16)18)22-7-2/h8,10,12,17H,6-7,9,11,13H2,1-5H3. The third-order valence-electron chi connectivity index (χ3n) is 4.47. The summed E-state index contributed by atoms with van der Waals surface area (Å²) in [6, 6.07) is 6.53. The summed E-state index contributed by atoms with van der Waals surface area (Å²) in [6.45, 7) is 12.4. The van der Waals surface area contributed by atoms with Gasteiger partial charge in [-0.3, -0.25) is 4.99 Å². The van der Waals surface area contributed by atoms with Gasteiger partial charge in [0, 0.05) is 23.7 Å². The van der Waals surface area contributed by atoms with Crippen molar-refractivity contribution in [2.75, 3.05) is 13.2 Å². The molecule has 1 unspecified atom stereocenters. The van der Waals surface area contributed by atoms with Crippen LogP contribution in [0.3, 0.4) is 0 Å². The van der Waals surface area contributed by atoms with E-state index in [0.717, 1.165) is 31.7 Å². The van der Waals surface area contributed by atoms with Gasteiger partial charge < -0.3 is 4.74 Å². The molecule has 1 atom stereocenters. The predicted octanol–water partition coefficient (Wildman–Crippen LogP) is 5.63. The Morgan fingerprint density at radius 3 is 2.64 bits per heavy atom. The number of hydrogen-bond acceptors (Lipinski definition) is 2. The summed E-state index contributed by atoms with van der Waals surface area (Å²) < 4.78 is 5.88. The summed E-state index contributed by atoms with van der Waals surface area (Å²) in [5.74, 6) is 1.60. The first kappa shape index (κ1) is 16.8. The Hall–Kier alpha value is -1.57. The van der Waals surface area contributed by atoms with Crippen LogP contribution in [0.5, 0.6) is 5.75 Å². The van der Waals surface area contributed by atoms with Crippen molar-refractivity contribution in [2.45, 2.75) is 59.8 Å². The fourth-order valence-corrected chi connectivity index (χ4v) is 3.50. The molecule has 1 aromatic carbocycles. The summed E-state index contributed by atoms with van der Waals surface area (Å²) >= 11 is 0. The van der Waals surface area contributed by atoms with E-state index in [0.29, 0.717) is 5.92 Å². The van der Waals surface area contributed by atoms with Gasteiger partial charge in [-0.15, -0.1) is 0 Å². The average molecular weight is 299 g/mol. The monoisotopic (exact) mass is 299 g/mol. The van der Waals surface area contributed by atoms with Crippen molar-refractivity contribution in [3.8, 4) is 5.75 Å². The second-order valence-electron chi connectivity index (χ2n) is 6.19. The number of rotatable bonds is 7. The number of allylic oxidation sites excluding steroid dienone is 2. The molecule has 0 aromatic heterocycles. The zero-order valence-corrected chi connectivity index (χ0v) is 14.7. The third-order valence-corrected chi connectivity index (χ3v) is 4.47. The molecular weight excluding hydrogens is 270 g/mol. The van der Waals surface area contributed by atoms with Crippen LogP contribution in [0.25, 0.3) is 5.57 Å². The second kappa shape index (κ2) is 7.62. The van der Waals surface area contributed by atoms with E-state index in [9.17, 15) is 0 Å². The number of benzene rings is 1. The van der Waals surface area contributed by atoms with Gasteiger partial charge in [-0.25, -0.2) is 0 Å². The Morgan fingerprint density at radius 2 is 2.00 bits per heavy atom. The van der Waals surface area contributed by atoms with E-state index < -0.39 is 0 Å². The molecule has 2 nitrogen and oxygen atoms in total. The second-order valence-corrected chi connectivity index (χ2v) is 6.19. The molecule has 0 bridgehead atoms. The third kappa shape index (κ3) is 3.43. The van der Waals surface area contributed by atoms with Crippen molar-refractivity contribution in [2.24, 2.45) is 4.99 Å². The van der Waals surface area contributed by atoms with Gasteiger partial charge in [0.05, 0.1) is 6.61 Å². The van der Waals surface area contributed by atoms with Crippen molar-refractivity contribution >= 4 is 11.3 Å². The van der Waals surface area contributed by atoms with Gasteiger partial charge in [-0.05, 0) is 64.2 Å². The molecule has 22 heavy (non-hydrogen) atoms. The maximum absolute atomic E-state index is 5.88. The van der Waals surface area contributed by atoms with Crippen molar-refractivity contribution in [1.82, 2.24) is 0 Å². The SMILES string of the molecule is CCOc1cccc2c1C(CC)=C(C)C2CCCN=C(C)C. The van der Waals surface area contributed by atoms with Crippen molar-refractivity contribution in [1.29, 1.82) is 0 Å². The van der Waals surface area contributed by atoms with E-state index in [1.807, 2.05) is 0 Å². The fraction of sp³-hybridized carbons (Fsp3) is 0.550. The van der Waals surface area contributed by atoms with Crippen LogP contribution >= 0.6 is 0 Å². The maximum atomic E-state index is 5.88. The molecule has 0 heterocycles. The van der Waals surface area contributed by atoms with Gasteiger partial charge in [-0.2, -0.15) is 0 Å². The van der Waals surface area contributed by atoms with E-state index in [2.05, 4.69) is 57.8 Å². The Labute approximate surface area is 135 Å². The van der Waals surface area contributed by atoms with Gasteiger partial charge >= 0.3 is 0 Å². The summed E-state index contributed by atoms with van der Waals surface area (Å²) in [7, 11) is 0. The van der Waals surface area contributed by atoms with Gasteiger partial charge in [-0.1, -0.05) is 24.6 Å². The number of nitrogens with zero attached hydrogens (tertiary/aromatic N) is 1. The van der Waals surface area contributed by atoms with Crippen LogP contribution in [-0.4, -0.2) is 18.9 Å². The zero-order valence-electron chi connectivity index (χ0n) is 14.7. The summed E-state index contributed by atoms with van der Waals surface area (Å²) in [5, 5.41) is 0. The first-order valence-electron chi connectivity index (χ1n) is 8.53. The van der Waals surface area contributed by atoms with Gasteiger partial charge in [0.25, 0.3) is 0 Å². The Morgan fingerprint density at radius 1 is 1.23 bits per heavy atom. The number of fused-ring (bicyclic) bond motifs is 1. The van der Waals surface area contributed by atoms with Gasteiger partial charge in [0.1, 0.15) is 5.75 Å². The Balaban J connectivity index is 2.25. The lowest BCUT2D eigenvalue weighted by Crippen LogP contribution is -2.00. The molecule has 2 rings (SSSR count). The molecule has 1 aliphatic rings. The van der Waals surface area contributed by atoms with Crippen LogP contribution in [0.1, 0.15) is 70.9 Å². The molecule has 120 valence electrons. The normalized spacial score (nSPS) is 16.7. The van der Waals surface area contributed by atoms with E-state index in [-0.39, 0.29) is 0 Å². The Bertz CT molecular complexity index is 579. The van der Waals surface area contributed by atoms with Crippen molar-refractivity contribution < 1.29 is 4.74 Å². The summed E-state index contributed by atoms with van der Waals surface area (Å²) in [6.07, 6.45) is 3.39. The van der Waals surface area contributed by atoms with Crippen LogP contribution in [0.2, 0.25) is 0 Å². The fourth-order valence-electron chi connectivity index (χ4n) is 3.50.